The van der Waals surface area contributed by atoms with E-state index < -0.39 is 6.03 Å². The van der Waals surface area contributed by atoms with Crippen molar-refractivity contribution in [1.82, 2.24) is 5.43 Å². The van der Waals surface area contributed by atoms with Crippen LogP contribution in [0.2, 0.25) is 0 Å². The molecule has 0 aliphatic rings. The SMILES string of the molecule is COc1cc(/C=N/NC(=O)Nc2ccccc2)ccc1OCCOc1ccc(C)cc1. The summed E-state index contributed by atoms with van der Waals surface area (Å²) < 4.78 is 16.8. The fourth-order valence-corrected chi connectivity index (χ4v) is 2.68. The number of para-hydroxylation sites is 1. The second kappa shape index (κ2) is 11.3. The van der Waals surface area contributed by atoms with Crippen LogP contribution < -0.4 is 25.0 Å². The normalized spacial score (nSPS) is 10.5. The third-order valence-corrected chi connectivity index (χ3v) is 4.23. The van der Waals surface area contributed by atoms with Gasteiger partial charge in [0.25, 0.3) is 0 Å². The van der Waals surface area contributed by atoms with Crippen molar-refractivity contribution < 1.29 is 19.0 Å². The van der Waals surface area contributed by atoms with Gasteiger partial charge in [-0.2, -0.15) is 5.10 Å². The van der Waals surface area contributed by atoms with Gasteiger partial charge in [0.15, 0.2) is 11.5 Å². The third-order valence-electron chi connectivity index (χ3n) is 4.23. The molecule has 0 radical (unpaired) electrons. The van der Waals surface area contributed by atoms with Crippen LogP contribution in [0.5, 0.6) is 17.2 Å². The number of carbonyl (C=O) groups is 1. The molecule has 0 heterocycles. The predicted molar refractivity (Wildman–Crippen MR) is 121 cm³/mol. The number of rotatable bonds is 9. The van der Waals surface area contributed by atoms with Crippen LogP contribution >= 0.6 is 0 Å². The summed E-state index contributed by atoms with van der Waals surface area (Å²) in [5.74, 6) is 1.96. The van der Waals surface area contributed by atoms with Crippen molar-refractivity contribution in [1.29, 1.82) is 0 Å². The smallest absolute Gasteiger partial charge is 0.339 e. The Bertz CT molecular complexity index is 1010. The minimum atomic E-state index is -0.428. The van der Waals surface area contributed by atoms with Crippen LogP contribution in [-0.2, 0) is 0 Å². The molecular formula is C24H25N3O4. The minimum absolute atomic E-state index is 0.374. The number of aryl methyl sites for hydroxylation is 1. The number of hydrazone groups is 1. The fourth-order valence-electron chi connectivity index (χ4n) is 2.68. The van der Waals surface area contributed by atoms with Crippen molar-refractivity contribution in [2.24, 2.45) is 5.10 Å². The highest BCUT2D eigenvalue weighted by atomic mass is 16.5. The number of benzene rings is 3. The van der Waals surface area contributed by atoms with Gasteiger partial charge in [0.2, 0.25) is 0 Å². The molecule has 160 valence electrons. The highest BCUT2D eigenvalue weighted by Crippen LogP contribution is 2.27. The van der Waals surface area contributed by atoms with Gasteiger partial charge in [0, 0.05) is 5.69 Å². The van der Waals surface area contributed by atoms with Crippen LogP contribution in [0.3, 0.4) is 0 Å². The lowest BCUT2D eigenvalue weighted by atomic mass is 10.2. The maximum absolute atomic E-state index is 11.9. The number of nitrogens with zero attached hydrogens (tertiary/aromatic N) is 1. The van der Waals surface area contributed by atoms with Gasteiger partial charge in [-0.1, -0.05) is 35.9 Å². The number of hydrogen-bond acceptors (Lipinski definition) is 5. The van der Waals surface area contributed by atoms with Crippen molar-refractivity contribution in [2.45, 2.75) is 6.92 Å². The zero-order chi connectivity index (χ0) is 21.9. The molecule has 7 heteroatoms. The lowest BCUT2D eigenvalue weighted by molar-refractivity contribution is 0.211. The standard InChI is InChI=1S/C24H25N3O4/c1-18-8-11-21(12-9-18)30-14-15-31-22-13-10-19(16-23(22)29-2)17-25-27-24(28)26-20-6-4-3-5-7-20/h3-13,16-17H,14-15H2,1-2H3,(H2,26,27,28)/b25-17+. The Morgan fingerprint density at radius 3 is 2.42 bits per heavy atom. The number of carbonyl (C=O) groups excluding carboxylic acids is 1. The Balaban J connectivity index is 1.47. The average molecular weight is 419 g/mol. The van der Waals surface area contributed by atoms with E-state index in [0.717, 1.165) is 11.3 Å². The molecule has 3 aromatic carbocycles. The maximum Gasteiger partial charge on any atom is 0.339 e. The first-order valence-electron chi connectivity index (χ1n) is 9.79. The topological polar surface area (TPSA) is 81.2 Å². The molecule has 0 aliphatic heterocycles. The zero-order valence-electron chi connectivity index (χ0n) is 17.5. The summed E-state index contributed by atoms with van der Waals surface area (Å²) >= 11 is 0. The van der Waals surface area contributed by atoms with Crippen LogP contribution in [0.4, 0.5) is 10.5 Å². The molecule has 2 amide bonds. The zero-order valence-corrected chi connectivity index (χ0v) is 17.5. The Hall–Kier alpha value is -4.00. The summed E-state index contributed by atoms with van der Waals surface area (Å²) in [7, 11) is 1.57. The summed E-state index contributed by atoms with van der Waals surface area (Å²) in [4.78, 5) is 11.9. The number of ether oxygens (including phenoxy) is 3. The van der Waals surface area contributed by atoms with Gasteiger partial charge in [-0.05, 0) is 55.0 Å². The van der Waals surface area contributed by atoms with E-state index in [2.05, 4.69) is 15.8 Å². The molecule has 0 aromatic heterocycles. The number of amides is 2. The Kier molecular flexibility index (Phi) is 7.88. The van der Waals surface area contributed by atoms with Crippen molar-refractivity contribution in [3.8, 4) is 17.2 Å². The molecule has 0 saturated heterocycles. The molecular weight excluding hydrogens is 394 g/mol. The van der Waals surface area contributed by atoms with E-state index in [1.165, 1.54) is 11.8 Å². The molecule has 0 bridgehead atoms. The quantitative estimate of drug-likeness (QED) is 0.301. The lowest BCUT2D eigenvalue weighted by Gasteiger charge is -2.12. The molecule has 3 aromatic rings. The molecule has 2 N–H and O–H groups in total. The number of methoxy groups -OCH3 is 1. The van der Waals surface area contributed by atoms with E-state index in [9.17, 15) is 4.79 Å². The highest BCUT2D eigenvalue weighted by molar-refractivity contribution is 5.90. The van der Waals surface area contributed by atoms with Gasteiger partial charge in [0.1, 0.15) is 19.0 Å². The molecule has 0 atom stereocenters. The monoisotopic (exact) mass is 419 g/mol. The van der Waals surface area contributed by atoms with E-state index in [0.29, 0.717) is 30.4 Å². The van der Waals surface area contributed by atoms with Gasteiger partial charge in [-0.3, -0.25) is 0 Å². The highest BCUT2D eigenvalue weighted by Gasteiger charge is 2.06. The van der Waals surface area contributed by atoms with E-state index in [1.54, 1.807) is 31.4 Å². The van der Waals surface area contributed by atoms with E-state index in [1.807, 2.05) is 55.5 Å². The number of urea groups is 1. The molecule has 7 nitrogen and oxygen atoms in total. The number of nitrogens with one attached hydrogen (secondary N) is 2. The van der Waals surface area contributed by atoms with E-state index in [-0.39, 0.29) is 0 Å². The minimum Gasteiger partial charge on any atom is -0.493 e. The van der Waals surface area contributed by atoms with Crippen molar-refractivity contribution in [3.63, 3.8) is 0 Å². The Labute approximate surface area is 181 Å². The molecule has 31 heavy (non-hydrogen) atoms. The summed E-state index contributed by atoms with van der Waals surface area (Å²) in [6.45, 7) is 2.82. The summed E-state index contributed by atoms with van der Waals surface area (Å²) in [6, 6.07) is 21.9. The predicted octanol–water partition coefficient (Wildman–Crippen LogP) is 4.62. The average Bonchev–Trinajstić information content (AvgIpc) is 2.79. The molecule has 0 saturated carbocycles. The van der Waals surface area contributed by atoms with Crippen molar-refractivity contribution in [3.05, 3.63) is 83.9 Å². The molecule has 3 rings (SSSR count). The summed E-state index contributed by atoms with van der Waals surface area (Å²) in [5, 5.41) is 6.64. The first-order valence-corrected chi connectivity index (χ1v) is 9.79. The van der Waals surface area contributed by atoms with Gasteiger partial charge in [-0.15, -0.1) is 0 Å². The number of hydrogen-bond donors (Lipinski definition) is 2. The van der Waals surface area contributed by atoms with Gasteiger partial charge in [-0.25, -0.2) is 10.2 Å². The Morgan fingerprint density at radius 1 is 0.935 bits per heavy atom. The van der Waals surface area contributed by atoms with Crippen molar-refractivity contribution >= 4 is 17.9 Å². The summed E-state index contributed by atoms with van der Waals surface area (Å²) in [6.07, 6.45) is 1.53. The largest absolute Gasteiger partial charge is 0.493 e. The van der Waals surface area contributed by atoms with Crippen LogP contribution in [0.15, 0.2) is 77.9 Å². The fraction of sp³-hybridized carbons (Fsp3) is 0.167. The number of anilines is 1. The Morgan fingerprint density at radius 2 is 1.68 bits per heavy atom. The molecule has 0 unspecified atom stereocenters. The second-order valence-electron chi connectivity index (χ2n) is 6.61. The van der Waals surface area contributed by atoms with E-state index in [4.69, 9.17) is 14.2 Å². The lowest BCUT2D eigenvalue weighted by Crippen LogP contribution is -2.24. The van der Waals surface area contributed by atoms with Crippen molar-refractivity contribution in [2.75, 3.05) is 25.6 Å². The van der Waals surface area contributed by atoms with Gasteiger partial charge in [0.05, 0.1) is 13.3 Å². The van der Waals surface area contributed by atoms with Crippen LogP contribution in [-0.4, -0.2) is 32.6 Å². The van der Waals surface area contributed by atoms with Crippen LogP contribution in [0, 0.1) is 6.92 Å². The van der Waals surface area contributed by atoms with Gasteiger partial charge < -0.3 is 19.5 Å². The van der Waals surface area contributed by atoms with Crippen LogP contribution in [0.25, 0.3) is 0 Å². The first-order chi connectivity index (χ1) is 15.1. The second-order valence-corrected chi connectivity index (χ2v) is 6.61. The van der Waals surface area contributed by atoms with E-state index >= 15 is 0 Å². The van der Waals surface area contributed by atoms with Crippen LogP contribution in [0.1, 0.15) is 11.1 Å². The molecule has 0 fully saturated rings. The maximum atomic E-state index is 11.9. The molecule has 0 aliphatic carbocycles. The third kappa shape index (κ3) is 7.08. The summed E-state index contributed by atoms with van der Waals surface area (Å²) in [5.41, 5.74) is 5.04. The van der Waals surface area contributed by atoms with Gasteiger partial charge >= 0.3 is 6.03 Å². The first kappa shape index (κ1) is 21.7. The molecule has 0 spiro atoms.